The molecule has 0 N–H and O–H groups in total. The Bertz CT molecular complexity index is 1130. The number of aryl methyl sites for hydroxylation is 1. The average molecular weight is 460 g/mol. The molecule has 178 valence electrons. The van der Waals surface area contributed by atoms with E-state index in [0.717, 1.165) is 61.6 Å². The van der Waals surface area contributed by atoms with Crippen LogP contribution < -0.4 is 0 Å². The van der Waals surface area contributed by atoms with Crippen LogP contribution in [0.2, 0.25) is 0 Å². The molecule has 0 atom stereocenters. The molecular weight excluding hydrogens is 426 g/mol. The van der Waals surface area contributed by atoms with Crippen molar-refractivity contribution in [1.29, 1.82) is 0 Å². The minimum atomic E-state index is 0.161. The number of hydrogen-bond donors (Lipinski definition) is 0. The number of carbonyl (C=O) groups is 2. The third-order valence-electron chi connectivity index (χ3n) is 7.00. The van der Waals surface area contributed by atoms with Gasteiger partial charge in [-0.15, -0.1) is 0 Å². The first-order chi connectivity index (χ1) is 16.7. The van der Waals surface area contributed by atoms with E-state index in [1.54, 1.807) is 0 Å². The molecule has 3 aromatic rings. The van der Waals surface area contributed by atoms with E-state index < -0.39 is 0 Å². The highest BCUT2D eigenvalue weighted by molar-refractivity contribution is 5.80. The van der Waals surface area contributed by atoms with E-state index >= 15 is 0 Å². The number of para-hydroxylation sites is 3. The molecule has 0 spiro atoms. The number of rotatable bonds is 6. The monoisotopic (exact) mass is 459 g/mol. The normalized spacial score (nSPS) is 17.3. The van der Waals surface area contributed by atoms with Crippen LogP contribution in [0.15, 0.2) is 54.6 Å². The Morgan fingerprint density at radius 2 is 1.41 bits per heavy atom. The molecule has 2 aliphatic heterocycles. The van der Waals surface area contributed by atoms with Gasteiger partial charge in [-0.3, -0.25) is 19.1 Å². The fourth-order valence-electron chi connectivity index (χ4n) is 5.08. The molecule has 7 nitrogen and oxygen atoms in total. The van der Waals surface area contributed by atoms with E-state index in [1.165, 1.54) is 6.42 Å². The van der Waals surface area contributed by atoms with E-state index in [2.05, 4.69) is 27.7 Å². The molecule has 0 saturated carbocycles. The zero-order valence-corrected chi connectivity index (χ0v) is 19.7. The zero-order valence-electron chi connectivity index (χ0n) is 19.7. The maximum Gasteiger partial charge on any atom is 0.236 e. The number of piperidine rings is 1. The van der Waals surface area contributed by atoms with Gasteiger partial charge in [0.05, 0.1) is 17.6 Å². The number of benzene rings is 2. The number of nitrogens with zero attached hydrogens (tertiary/aromatic N) is 5. The van der Waals surface area contributed by atoms with Gasteiger partial charge in [-0.25, -0.2) is 4.98 Å². The Kier molecular flexibility index (Phi) is 6.90. The Hall–Kier alpha value is -3.19. The lowest BCUT2D eigenvalue weighted by molar-refractivity contribution is -0.135. The summed E-state index contributed by atoms with van der Waals surface area (Å²) in [7, 11) is 0. The van der Waals surface area contributed by atoms with Gasteiger partial charge in [0, 0.05) is 57.8 Å². The lowest BCUT2D eigenvalue weighted by Crippen LogP contribution is -2.52. The van der Waals surface area contributed by atoms with Crippen molar-refractivity contribution in [2.45, 2.75) is 32.1 Å². The molecule has 2 amide bonds. The quantitative estimate of drug-likeness (QED) is 0.568. The van der Waals surface area contributed by atoms with Gasteiger partial charge in [-0.2, -0.15) is 0 Å². The largest absolute Gasteiger partial charge is 0.342 e. The molecule has 2 aliphatic rings. The molecule has 0 bridgehead atoms. The van der Waals surface area contributed by atoms with Crippen molar-refractivity contribution in [3.63, 3.8) is 0 Å². The Morgan fingerprint density at radius 1 is 0.735 bits per heavy atom. The van der Waals surface area contributed by atoms with Gasteiger partial charge in [0.2, 0.25) is 11.8 Å². The first-order valence-electron chi connectivity index (χ1n) is 12.5. The number of amides is 2. The molecule has 2 aromatic carbocycles. The summed E-state index contributed by atoms with van der Waals surface area (Å²) >= 11 is 0. The van der Waals surface area contributed by atoms with E-state index in [4.69, 9.17) is 4.98 Å². The lowest BCUT2D eigenvalue weighted by Gasteiger charge is -2.36. The molecule has 3 heterocycles. The predicted molar refractivity (Wildman–Crippen MR) is 133 cm³/mol. The van der Waals surface area contributed by atoms with Gasteiger partial charge >= 0.3 is 0 Å². The van der Waals surface area contributed by atoms with Crippen LogP contribution in [0.25, 0.3) is 16.7 Å². The number of carbonyl (C=O) groups excluding carboxylic acids is 2. The van der Waals surface area contributed by atoms with Crippen LogP contribution in [-0.2, 0) is 16.0 Å². The Morgan fingerprint density at radius 3 is 2.18 bits per heavy atom. The number of likely N-dealkylation sites (tertiary alicyclic amines) is 1. The molecule has 5 rings (SSSR count). The number of hydrogen-bond acceptors (Lipinski definition) is 4. The summed E-state index contributed by atoms with van der Waals surface area (Å²) in [5, 5.41) is 0. The summed E-state index contributed by atoms with van der Waals surface area (Å²) in [6.45, 7) is 5.14. The molecule has 7 heteroatoms. The molecule has 0 radical (unpaired) electrons. The third kappa shape index (κ3) is 4.99. The molecule has 1 aromatic heterocycles. The number of imidazole rings is 1. The van der Waals surface area contributed by atoms with Gasteiger partial charge in [0.1, 0.15) is 5.82 Å². The summed E-state index contributed by atoms with van der Waals surface area (Å²) in [6, 6.07) is 18.3. The average Bonchev–Trinajstić information content (AvgIpc) is 3.27. The van der Waals surface area contributed by atoms with Crippen LogP contribution >= 0.6 is 0 Å². The zero-order chi connectivity index (χ0) is 23.3. The highest BCUT2D eigenvalue weighted by Gasteiger charge is 2.25. The highest BCUT2D eigenvalue weighted by atomic mass is 16.2. The SMILES string of the molecule is O=C(CCc1nc2ccccc2n1-c1ccccc1)N1CCN(CC(=O)N2CCCCC2)CC1. The molecule has 2 saturated heterocycles. The van der Waals surface area contributed by atoms with Crippen LogP contribution in [0.5, 0.6) is 0 Å². The standard InChI is InChI=1S/C27H33N5O2/c33-26(31-19-17-29(18-20-31)21-27(34)30-15-7-2-8-16-30)14-13-25-28-23-11-5-6-12-24(23)32(25)22-9-3-1-4-10-22/h1,3-6,9-12H,2,7-8,13-21H2. The minimum Gasteiger partial charge on any atom is -0.342 e. The third-order valence-corrected chi connectivity index (χ3v) is 7.00. The topological polar surface area (TPSA) is 61.7 Å². The van der Waals surface area contributed by atoms with Gasteiger partial charge < -0.3 is 9.80 Å². The summed E-state index contributed by atoms with van der Waals surface area (Å²) in [5.74, 6) is 1.31. The second-order valence-corrected chi connectivity index (χ2v) is 9.29. The summed E-state index contributed by atoms with van der Waals surface area (Å²) in [5.41, 5.74) is 3.06. The van der Waals surface area contributed by atoms with E-state index in [0.29, 0.717) is 32.5 Å². The van der Waals surface area contributed by atoms with Crippen LogP contribution in [0.4, 0.5) is 0 Å². The molecule has 2 fully saturated rings. The number of fused-ring (bicyclic) bond motifs is 1. The predicted octanol–water partition coefficient (Wildman–Crippen LogP) is 3.11. The summed E-state index contributed by atoms with van der Waals surface area (Å²) in [4.78, 5) is 36.5. The second-order valence-electron chi connectivity index (χ2n) is 9.29. The summed E-state index contributed by atoms with van der Waals surface area (Å²) in [6.07, 6.45) is 4.49. The Labute approximate surface area is 201 Å². The van der Waals surface area contributed by atoms with Crippen molar-refractivity contribution < 1.29 is 9.59 Å². The van der Waals surface area contributed by atoms with Crippen LogP contribution in [0.3, 0.4) is 0 Å². The smallest absolute Gasteiger partial charge is 0.236 e. The fraction of sp³-hybridized carbons (Fsp3) is 0.444. The molecule has 0 aliphatic carbocycles. The first-order valence-corrected chi connectivity index (χ1v) is 12.5. The van der Waals surface area contributed by atoms with Crippen molar-refractivity contribution in [3.05, 3.63) is 60.4 Å². The maximum atomic E-state index is 13.0. The lowest BCUT2D eigenvalue weighted by atomic mass is 10.1. The number of piperazine rings is 1. The van der Waals surface area contributed by atoms with Gasteiger partial charge in [0.25, 0.3) is 0 Å². The second kappa shape index (κ2) is 10.4. The van der Waals surface area contributed by atoms with Crippen molar-refractivity contribution >= 4 is 22.8 Å². The van der Waals surface area contributed by atoms with E-state index in [9.17, 15) is 9.59 Å². The van der Waals surface area contributed by atoms with Gasteiger partial charge in [-0.05, 0) is 43.5 Å². The van der Waals surface area contributed by atoms with Crippen molar-refractivity contribution in [1.82, 2.24) is 24.3 Å². The van der Waals surface area contributed by atoms with E-state index in [-0.39, 0.29) is 11.8 Å². The van der Waals surface area contributed by atoms with E-state index in [1.807, 2.05) is 46.2 Å². The van der Waals surface area contributed by atoms with Crippen molar-refractivity contribution in [2.24, 2.45) is 0 Å². The molecule has 0 unspecified atom stereocenters. The summed E-state index contributed by atoms with van der Waals surface area (Å²) < 4.78 is 2.16. The van der Waals surface area contributed by atoms with Gasteiger partial charge in [-0.1, -0.05) is 30.3 Å². The van der Waals surface area contributed by atoms with Crippen LogP contribution in [-0.4, -0.2) is 81.9 Å². The number of aromatic nitrogens is 2. The highest BCUT2D eigenvalue weighted by Crippen LogP contribution is 2.22. The van der Waals surface area contributed by atoms with Crippen molar-refractivity contribution in [3.8, 4) is 5.69 Å². The maximum absolute atomic E-state index is 13.0. The van der Waals surface area contributed by atoms with Crippen LogP contribution in [0.1, 0.15) is 31.5 Å². The molecule has 34 heavy (non-hydrogen) atoms. The Balaban J connectivity index is 1.18. The fourth-order valence-corrected chi connectivity index (χ4v) is 5.08. The molecular formula is C27H33N5O2. The minimum absolute atomic E-state index is 0.161. The van der Waals surface area contributed by atoms with Crippen LogP contribution in [0, 0.1) is 0 Å². The van der Waals surface area contributed by atoms with Gasteiger partial charge in [0.15, 0.2) is 0 Å². The first kappa shape index (κ1) is 22.6. The van der Waals surface area contributed by atoms with Crippen molar-refractivity contribution in [2.75, 3.05) is 45.8 Å².